The van der Waals surface area contributed by atoms with Crippen molar-refractivity contribution in [1.29, 1.82) is 0 Å². The SMILES string of the molecule is Cc1cccc(-c2[nH]c(C)nc2-c2ccc3ncoc3c2)n1. The van der Waals surface area contributed by atoms with E-state index in [1.54, 1.807) is 0 Å². The molecule has 108 valence electrons. The molecule has 0 saturated carbocycles. The van der Waals surface area contributed by atoms with Crippen LogP contribution in [-0.2, 0) is 0 Å². The van der Waals surface area contributed by atoms with Crippen LogP contribution in [0.25, 0.3) is 33.7 Å². The Labute approximate surface area is 127 Å². The molecule has 5 heteroatoms. The lowest BCUT2D eigenvalue weighted by Gasteiger charge is -2.03. The van der Waals surface area contributed by atoms with Gasteiger partial charge < -0.3 is 9.40 Å². The van der Waals surface area contributed by atoms with Gasteiger partial charge in [0, 0.05) is 11.3 Å². The second kappa shape index (κ2) is 4.80. The Bertz CT molecular complexity index is 968. The Morgan fingerprint density at radius 1 is 1.05 bits per heavy atom. The average molecular weight is 290 g/mol. The van der Waals surface area contributed by atoms with E-state index in [4.69, 9.17) is 4.42 Å². The van der Waals surface area contributed by atoms with E-state index in [0.717, 1.165) is 45.3 Å². The maximum Gasteiger partial charge on any atom is 0.181 e. The summed E-state index contributed by atoms with van der Waals surface area (Å²) in [5, 5.41) is 0. The molecule has 0 spiro atoms. The number of nitrogens with one attached hydrogen (secondary N) is 1. The predicted octanol–water partition coefficient (Wildman–Crippen LogP) is 3.90. The highest BCUT2D eigenvalue weighted by atomic mass is 16.3. The standard InChI is InChI=1S/C17H14N4O/c1-10-4-3-5-14(19-10)17-16(20-11(2)21-17)12-6-7-13-15(8-12)22-9-18-13/h3-9H,1-2H3,(H,20,21). The van der Waals surface area contributed by atoms with Crippen LogP contribution < -0.4 is 0 Å². The second-order valence-corrected chi connectivity index (χ2v) is 5.24. The number of hydrogen-bond acceptors (Lipinski definition) is 4. The van der Waals surface area contributed by atoms with E-state index >= 15 is 0 Å². The molecule has 1 aromatic carbocycles. The van der Waals surface area contributed by atoms with E-state index in [-0.39, 0.29) is 0 Å². The van der Waals surface area contributed by atoms with E-state index in [1.807, 2.05) is 50.2 Å². The third kappa shape index (κ3) is 2.07. The number of nitrogens with zero attached hydrogens (tertiary/aromatic N) is 3. The van der Waals surface area contributed by atoms with Crippen LogP contribution in [0.1, 0.15) is 11.5 Å². The van der Waals surface area contributed by atoms with E-state index in [2.05, 4.69) is 19.9 Å². The minimum atomic E-state index is 0.751. The van der Waals surface area contributed by atoms with Crippen LogP contribution in [0.3, 0.4) is 0 Å². The van der Waals surface area contributed by atoms with Gasteiger partial charge in [0.05, 0.1) is 17.1 Å². The maximum atomic E-state index is 5.39. The van der Waals surface area contributed by atoms with Crippen molar-refractivity contribution < 1.29 is 4.42 Å². The van der Waals surface area contributed by atoms with Crippen LogP contribution in [0.15, 0.2) is 47.2 Å². The summed E-state index contributed by atoms with van der Waals surface area (Å²) in [6.07, 6.45) is 1.45. The molecule has 5 nitrogen and oxygen atoms in total. The lowest BCUT2D eigenvalue weighted by molar-refractivity contribution is 0.602. The molecule has 0 unspecified atom stereocenters. The average Bonchev–Trinajstić information content (AvgIpc) is 3.12. The van der Waals surface area contributed by atoms with Gasteiger partial charge in [0.2, 0.25) is 0 Å². The zero-order chi connectivity index (χ0) is 15.1. The second-order valence-electron chi connectivity index (χ2n) is 5.24. The molecule has 0 aliphatic heterocycles. The Morgan fingerprint density at radius 3 is 2.82 bits per heavy atom. The summed E-state index contributed by atoms with van der Waals surface area (Å²) in [6.45, 7) is 3.92. The summed E-state index contributed by atoms with van der Waals surface area (Å²) in [5.74, 6) is 0.853. The van der Waals surface area contributed by atoms with Crippen LogP contribution in [-0.4, -0.2) is 19.9 Å². The van der Waals surface area contributed by atoms with E-state index in [0.29, 0.717) is 0 Å². The highest BCUT2D eigenvalue weighted by Crippen LogP contribution is 2.30. The van der Waals surface area contributed by atoms with Gasteiger partial charge in [0.15, 0.2) is 12.0 Å². The van der Waals surface area contributed by atoms with Crippen LogP contribution in [0, 0.1) is 13.8 Å². The molecular formula is C17H14N4O. The molecule has 0 atom stereocenters. The quantitative estimate of drug-likeness (QED) is 0.608. The lowest BCUT2D eigenvalue weighted by atomic mass is 10.1. The van der Waals surface area contributed by atoms with Gasteiger partial charge in [-0.05, 0) is 38.1 Å². The fraction of sp³-hybridized carbons (Fsp3) is 0.118. The normalized spacial score (nSPS) is 11.2. The highest BCUT2D eigenvalue weighted by molar-refractivity contribution is 5.83. The third-order valence-electron chi connectivity index (χ3n) is 3.57. The Balaban J connectivity index is 1.91. The van der Waals surface area contributed by atoms with Crippen molar-refractivity contribution in [3.8, 4) is 22.6 Å². The third-order valence-corrected chi connectivity index (χ3v) is 3.57. The fourth-order valence-corrected chi connectivity index (χ4v) is 2.57. The van der Waals surface area contributed by atoms with Gasteiger partial charge in [-0.25, -0.2) is 9.97 Å². The molecule has 0 aliphatic rings. The Morgan fingerprint density at radius 2 is 1.95 bits per heavy atom. The van der Waals surface area contributed by atoms with Crippen molar-refractivity contribution in [3.05, 3.63) is 54.3 Å². The van der Waals surface area contributed by atoms with Gasteiger partial charge in [-0.3, -0.25) is 4.98 Å². The van der Waals surface area contributed by atoms with Gasteiger partial charge in [0.25, 0.3) is 0 Å². The van der Waals surface area contributed by atoms with Gasteiger partial charge >= 0.3 is 0 Å². The molecule has 4 aromatic rings. The number of rotatable bonds is 2. The van der Waals surface area contributed by atoms with Crippen LogP contribution >= 0.6 is 0 Å². The minimum Gasteiger partial charge on any atom is -0.443 e. The van der Waals surface area contributed by atoms with Gasteiger partial charge in [-0.15, -0.1) is 0 Å². The molecule has 0 amide bonds. The van der Waals surface area contributed by atoms with E-state index in [1.165, 1.54) is 6.39 Å². The van der Waals surface area contributed by atoms with Crippen molar-refractivity contribution in [2.75, 3.05) is 0 Å². The van der Waals surface area contributed by atoms with Gasteiger partial charge in [-0.2, -0.15) is 0 Å². The molecule has 0 fully saturated rings. The number of oxazole rings is 1. The lowest BCUT2D eigenvalue weighted by Crippen LogP contribution is -1.89. The molecular weight excluding hydrogens is 276 g/mol. The first-order chi connectivity index (χ1) is 10.7. The monoisotopic (exact) mass is 290 g/mol. The van der Waals surface area contributed by atoms with Gasteiger partial charge in [-0.1, -0.05) is 12.1 Å². The molecule has 1 N–H and O–H groups in total. The molecule has 0 radical (unpaired) electrons. The van der Waals surface area contributed by atoms with E-state index in [9.17, 15) is 0 Å². The van der Waals surface area contributed by atoms with Gasteiger partial charge in [0.1, 0.15) is 11.3 Å². The smallest absolute Gasteiger partial charge is 0.181 e. The molecule has 0 aliphatic carbocycles. The maximum absolute atomic E-state index is 5.39. The number of imidazole rings is 1. The molecule has 4 rings (SSSR count). The van der Waals surface area contributed by atoms with E-state index < -0.39 is 0 Å². The molecule has 3 aromatic heterocycles. The number of pyridine rings is 1. The predicted molar refractivity (Wildman–Crippen MR) is 84.3 cm³/mol. The first-order valence-electron chi connectivity index (χ1n) is 7.05. The van der Waals surface area contributed by atoms with Crippen LogP contribution in [0.5, 0.6) is 0 Å². The van der Waals surface area contributed by atoms with Crippen molar-refractivity contribution in [2.45, 2.75) is 13.8 Å². The summed E-state index contributed by atoms with van der Waals surface area (Å²) < 4.78 is 5.39. The molecule has 0 saturated heterocycles. The van der Waals surface area contributed by atoms with Crippen molar-refractivity contribution >= 4 is 11.1 Å². The number of hydrogen-bond donors (Lipinski definition) is 1. The topological polar surface area (TPSA) is 67.6 Å². The highest BCUT2D eigenvalue weighted by Gasteiger charge is 2.14. The minimum absolute atomic E-state index is 0.751. The Hall–Kier alpha value is -2.95. The first kappa shape index (κ1) is 12.8. The largest absolute Gasteiger partial charge is 0.443 e. The summed E-state index contributed by atoms with van der Waals surface area (Å²) in [4.78, 5) is 16.7. The number of aromatic nitrogens is 4. The number of aryl methyl sites for hydroxylation is 2. The first-order valence-corrected chi connectivity index (χ1v) is 7.05. The van der Waals surface area contributed by atoms with Crippen LogP contribution in [0.4, 0.5) is 0 Å². The summed E-state index contributed by atoms with van der Waals surface area (Å²) >= 11 is 0. The summed E-state index contributed by atoms with van der Waals surface area (Å²) in [6, 6.07) is 11.9. The fourth-order valence-electron chi connectivity index (χ4n) is 2.57. The molecule has 3 heterocycles. The number of benzene rings is 1. The molecule has 0 bridgehead atoms. The molecule has 22 heavy (non-hydrogen) atoms. The van der Waals surface area contributed by atoms with Crippen molar-refractivity contribution in [1.82, 2.24) is 19.9 Å². The van der Waals surface area contributed by atoms with Crippen molar-refractivity contribution in [2.24, 2.45) is 0 Å². The number of aromatic amines is 1. The van der Waals surface area contributed by atoms with Crippen molar-refractivity contribution in [3.63, 3.8) is 0 Å². The summed E-state index contributed by atoms with van der Waals surface area (Å²) in [7, 11) is 0. The zero-order valence-corrected chi connectivity index (χ0v) is 12.3. The number of H-pyrrole nitrogens is 1. The van der Waals surface area contributed by atoms with Crippen LogP contribution in [0.2, 0.25) is 0 Å². The number of fused-ring (bicyclic) bond motifs is 1. The zero-order valence-electron chi connectivity index (χ0n) is 12.3. The Kier molecular flexibility index (Phi) is 2.79. The summed E-state index contributed by atoms with van der Waals surface area (Å²) in [5.41, 5.74) is 6.21.